The van der Waals surface area contributed by atoms with Gasteiger partial charge in [-0.1, -0.05) is 12.1 Å². The number of hydrogen-bond acceptors (Lipinski definition) is 7. The highest BCUT2D eigenvalue weighted by atomic mass is 16.6. The van der Waals surface area contributed by atoms with Gasteiger partial charge in [0.05, 0.1) is 42.2 Å². The molecular formula is C26H27N5O6. The Morgan fingerprint density at radius 1 is 1.16 bits per heavy atom. The number of hydrogen-bond donors (Lipinski definition) is 4. The molecule has 3 rings (SSSR count). The van der Waals surface area contributed by atoms with Crippen molar-refractivity contribution in [2.75, 3.05) is 12.4 Å². The van der Waals surface area contributed by atoms with Crippen LogP contribution in [0, 0.1) is 11.3 Å². The Balaban J connectivity index is 1.93. The average Bonchev–Trinajstić information content (AvgIpc) is 3.32. The third-order valence-electron chi connectivity index (χ3n) is 5.09. The third kappa shape index (κ3) is 7.32. The zero-order valence-corrected chi connectivity index (χ0v) is 20.8. The van der Waals surface area contributed by atoms with Gasteiger partial charge in [-0.05, 0) is 56.7 Å². The van der Waals surface area contributed by atoms with Gasteiger partial charge in [-0.3, -0.25) is 5.32 Å². The third-order valence-corrected chi connectivity index (χ3v) is 5.09. The summed E-state index contributed by atoms with van der Waals surface area (Å²) in [5.74, 6) is -0.685. The van der Waals surface area contributed by atoms with Gasteiger partial charge in [0.15, 0.2) is 0 Å². The van der Waals surface area contributed by atoms with Gasteiger partial charge >= 0.3 is 18.2 Å². The minimum Gasteiger partial charge on any atom is -0.478 e. The number of aromatic carboxylic acids is 1. The first-order valence-electron chi connectivity index (χ1n) is 11.2. The van der Waals surface area contributed by atoms with Gasteiger partial charge in [-0.15, -0.1) is 0 Å². The number of nitriles is 1. The molecule has 0 fully saturated rings. The summed E-state index contributed by atoms with van der Waals surface area (Å²) in [6.45, 7) is 5.22. The molecule has 11 heteroatoms. The van der Waals surface area contributed by atoms with Crippen molar-refractivity contribution in [1.82, 2.24) is 15.3 Å². The molecule has 2 aromatic carbocycles. The number of aromatic amines is 1. The van der Waals surface area contributed by atoms with Crippen molar-refractivity contribution in [1.29, 1.82) is 5.26 Å². The number of aromatic nitrogens is 2. The van der Waals surface area contributed by atoms with Crippen molar-refractivity contribution in [3.63, 3.8) is 0 Å². The van der Waals surface area contributed by atoms with Crippen LogP contribution in [0.3, 0.4) is 0 Å². The molecule has 1 aromatic heterocycles. The number of rotatable bonds is 7. The van der Waals surface area contributed by atoms with Gasteiger partial charge in [-0.2, -0.15) is 5.26 Å². The number of nitrogens with one attached hydrogen (secondary N) is 3. The number of imidazole rings is 1. The van der Waals surface area contributed by atoms with E-state index in [0.29, 0.717) is 28.3 Å². The van der Waals surface area contributed by atoms with Crippen LogP contribution in [0.1, 0.15) is 54.1 Å². The smallest absolute Gasteiger partial charge is 0.411 e. The van der Waals surface area contributed by atoms with Crippen LogP contribution in [0.2, 0.25) is 0 Å². The second-order valence-corrected chi connectivity index (χ2v) is 9.08. The standard InChI is InChI=1S/C26H27N5O6/c1-26(2,3)37-25(35)31-20(11-15-6-5-7-16(10-15)23(32)33)22-28-14-21(30-22)19-9-8-18(12-17(19)13-27)29-24(34)36-4/h5-10,12,14,20H,11H2,1-4H3,(H,28,30)(H,29,34)(H,31,35)(H,32,33)/t20-/m0/s1. The SMILES string of the molecule is COC(=O)Nc1ccc(-c2cnc([C@H](Cc3cccc(C(=O)O)c3)NC(=O)OC(C)(C)C)[nH]2)c(C#N)c1. The highest BCUT2D eigenvalue weighted by Crippen LogP contribution is 2.27. The van der Waals surface area contributed by atoms with Gasteiger partial charge in [-0.25, -0.2) is 19.4 Å². The van der Waals surface area contributed by atoms with E-state index < -0.39 is 29.8 Å². The molecule has 0 unspecified atom stereocenters. The number of amides is 2. The summed E-state index contributed by atoms with van der Waals surface area (Å²) >= 11 is 0. The predicted octanol–water partition coefficient (Wildman–Crippen LogP) is 4.63. The van der Waals surface area contributed by atoms with Crippen molar-refractivity contribution in [3.05, 3.63) is 71.2 Å². The molecule has 0 saturated carbocycles. The fraction of sp³-hybridized carbons (Fsp3) is 0.269. The number of carboxylic acids is 1. The quantitative estimate of drug-likeness (QED) is 0.360. The molecule has 0 radical (unpaired) electrons. The van der Waals surface area contributed by atoms with Crippen LogP contribution < -0.4 is 10.6 Å². The number of ether oxygens (including phenoxy) is 2. The molecule has 0 bridgehead atoms. The zero-order chi connectivity index (χ0) is 27.2. The molecule has 11 nitrogen and oxygen atoms in total. The summed E-state index contributed by atoms with van der Waals surface area (Å²) in [4.78, 5) is 43.0. The Morgan fingerprint density at radius 2 is 1.92 bits per heavy atom. The number of anilines is 1. The van der Waals surface area contributed by atoms with Crippen molar-refractivity contribution < 1.29 is 29.0 Å². The zero-order valence-electron chi connectivity index (χ0n) is 20.8. The Bertz CT molecular complexity index is 1350. The van der Waals surface area contributed by atoms with E-state index in [4.69, 9.17) is 4.74 Å². The molecule has 4 N–H and O–H groups in total. The van der Waals surface area contributed by atoms with E-state index in [0.717, 1.165) is 0 Å². The molecule has 37 heavy (non-hydrogen) atoms. The number of benzene rings is 2. The van der Waals surface area contributed by atoms with E-state index in [-0.39, 0.29) is 17.5 Å². The summed E-state index contributed by atoms with van der Waals surface area (Å²) < 4.78 is 9.97. The molecule has 0 aliphatic heterocycles. The Kier molecular flexibility index (Phi) is 8.14. The van der Waals surface area contributed by atoms with Crippen LogP contribution in [-0.2, 0) is 15.9 Å². The van der Waals surface area contributed by atoms with Crippen LogP contribution in [0.15, 0.2) is 48.7 Å². The van der Waals surface area contributed by atoms with Gasteiger partial charge in [0, 0.05) is 17.7 Å². The minimum absolute atomic E-state index is 0.118. The monoisotopic (exact) mass is 505 g/mol. The van der Waals surface area contributed by atoms with Crippen molar-refractivity contribution in [3.8, 4) is 17.3 Å². The summed E-state index contributed by atoms with van der Waals surface area (Å²) in [5.41, 5.74) is 1.74. The fourth-order valence-corrected chi connectivity index (χ4v) is 3.50. The lowest BCUT2D eigenvalue weighted by Crippen LogP contribution is -2.36. The van der Waals surface area contributed by atoms with Crippen LogP contribution in [0.4, 0.5) is 15.3 Å². The molecule has 0 saturated heterocycles. The largest absolute Gasteiger partial charge is 0.478 e. The topological polar surface area (TPSA) is 166 Å². The van der Waals surface area contributed by atoms with Crippen LogP contribution in [0.25, 0.3) is 11.3 Å². The second-order valence-electron chi connectivity index (χ2n) is 9.08. The van der Waals surface area contributed by atoms with Crippen molar-refractivity contribution >= 4 is 23.8 Å². The van der Waals surface area contributed by atoms with E-state index in [1.54, 1.807) is 45.0 Å². The van der Waals surface area contributed by atoms with E-state index in [1.807, 2.05) is 0 Å². The number of carbonyl (C=O) groups is 3. The Morgan fingerprint density at radius 3 is 2.57 bits per heavy atom. The molecule has 1 atom stereocenters. The van der Waals surface area contributed by atoms with Crippen molar-refractivity contribution in [2.24, 2.45) is 0 Å². The molecule has 0 aliphatic carbocycles. The lowest BCUT2D eigenvalue weighted by atomic mass is 10.0. The Hall–Kier alpha value is -4.85. The van der Waals surface area contributed by atoms with Crippen molar-refractivity contribution in [2.45, 2.75) is 38.8 Å². The molecular weight excluding hydrogens is 478 g/mol. The van der Waals surface area contributed by atoms with Gasteiger partial charge < -0.3 is 24.9 Å². The summed E-state index contributed by atoms with van der Waals surface area (Å²) in [6, 6.07) is 12.5. The van der Waals surface area contributed by atoms with Gasteiger partial charge in [0.25, 0.3) is 0 Å². The summed E-state index contributed by atoms with van der Waals surface area (Å²) in [6.07, 6.45) is 0.417. The molecule has 0 spiro atoms. The lowest BCUT2D eigenvalue weighted by Gasteiger charge is -2.23. The highest BCUT2D eigenvalue weighted by Gasteiger charge is 2.24. The number of nitrogens with zero attached hydrogens (tertiary/aromatic N) is 2. The molecule has 2 amide bonds. The first kappa shape index (κ1) is 26.7. The maximum absolute atomic E-state index is 12.6. The first-order chi connectivity index (χ1) is 17.5. The lowest BCUT2D eigenvalue weighted by molar-refractivity contribution is 0.0500. The van der Waals surface area contributed by atoms with Gasteiger partial charge in [0.1, 0.15) is 11.4 Å². The maximum atomic E-state index is 12.6. The number of methoxy groups -OCH3 is 1. The van der Waals surface area contributed by atoms with Gasteiger partial charge in [0.2, 0.25) is 0 Å². The normalized spacial score (nSPS) is 11.6. The molecule has 1 heterocycles. The van der Waals surface area contributed by atoms with Crippen LogP contribution >= 0.6 is 0 Å². The molecule has 0 aliphatic rings. The second kappa shape index (κ2) is 11.3. The van der Waals surface area contributed by atoms with Crippen LogP contribution in [0.5, 0.6) is 0 Å². The summed E-state index contributed by atoms with van der Waals surface area (Å²) in [5, 5.41) is 24.3. The number of carbonyl (C=O) groups excluding carboxylic acids is 2. The predicted molar refractivity (Wildman–Crippen MR) is 134 cm³/mol. The Labute approximate surface area is 213 Å². The fourth-order valence-electron chi connectivity index (χ4n) is 3.50. The van der Waals surface area contributed by atoms with E-state index in [2.05, 4.69) is 31.4 Å². The number of alkyl carbamates (subject to hydrolysis) is 1. The molecule has 3 aromatic rings. The average molecular weight is 506 g/mol. The summed E-state index contributed by atoms with van der Waals surface area (Å²) in [7, 11) is 1.24. The van der Waals surface area contributed by atoms with E-state index in [1.165, 1.54) is 31.5 Å². The number of H-pyrrole nitrogens is 1. The first-order valence-corrected chi connectivity index (χ1v) is 11.2. The molecule has 192 valence electrons. The van der Waals surface area contributed by atoms with E-state index >= 15 is 0 Å². The minimum atomic E-state index is -1.06. The van der Waals surface area contributed by atoms with Crippen LogP contribution in [-0.4, -0.2) is 45.9 Å². The van der Waals surface area contributed by atoms with E-state index in [9.17, 15) is 24.8 Å². The maximum Gasteiger partial charge on any atom is 0.411 e. The number of carboxylic acid groups (broad SMARTS) is 1. The highest BCUT2D eigenvalue weighted by molar-refractivity contribution is 5.88.